The van der Waals surface area contributed by atoms with Crippen molar-refractivity contribution in [2.24, 2.45) is 5.92 Å². The van der Waals surface area contributed by atoms with Gasteiger partial charge in [0, 0.05) is 58.3 Å². The summed E-state index contributed by atoms with van der Waals surface area (Å²) >= 11 is 0. The Morgan fingerprint density at radius 1 is 0.967 bits per heavy atom. The summed E-state index contributed by atoms with van der Waals surface area (Å²) < 4.78 is 0. The highest BCUT2D eigenvalue weighted by Crippen LogP contribution is 2.22. The lowest BCUT2D eigenvalue weighted by molar-refractivity contribution is -0.130. The van der Waals surface area contributed by atoms with Gasteiger partial charge in [-0.2, -0.15) is 0 Å². The van der Waals surface area contributed by atoms with E-state index in [4.69, 9.17) is 0 Å². The molecule has 2 aliphatic heterocycles. The van der Waals surface area contributed by atoms with E-state index in [1.54, 1.807) is 6.92 Å². The summed E-state index contributed by atoms with van der Waals surface area (Å²) in [6.45, 7) is 13.1. The van der Waals surface area contributed by atoms with Gasteiger partial charge in [-0.25, -0.2) is 0 Å². The number of piperidine rings is 1. The van der Waals surface area contributed by atoms with Crippen LogP contribution < -0.4 is 5.32 Å². The van der Waals surface area contributed by atoms with Crippen molar-refractivity contribution in [1.29, 1.82) is 0 Å². The van der Waals surface area contributed by atoms with Crippen LogP contribution in [-0.4, -0.2) is 85.4 Å². The van der Waals surface area contributed by atoms with Crippen LogP contribution in [0.25, 0.3) is 0 Å². The number of carbonyl (C=O) groups excluding carboxylic acids is 2. The average molecular weight is 415 g/mol. The number of piperazine rings is 1. The quantitative estimate of drug-likeness (QED) is 0.663. The number of likely N-dealkylation sites (tertiary alicyclic amines) is 1. The minimum absolute atomic E-state index is 0.0205. The number of likely N-dealkylation sites (N-methyl/N-ethyl adjacent to an activating group) is 1. The third kappa shape index (κ3) is 6.81. The molecule has 0 aliphatic carbocycles. The lowest BCUT2D eigenvalue weighted by Crippen LogP contribution is -2.46. The van der Waals surface area contributed by atoms with Crippen molar-refractivity contribution in [2.45, 2.75) is 39.5 Å². The summed E-state index contributed by atoms with van der Waals surface area (Å²) in [7, 11) is 0. The molecule has 2 aliphatic rings. The highest BCUT2D eigenvalue weighted by molar-refractivity contribution is 5.94. The standard InChI is InChI=1S/C24H38N4O2/c1-3-26-15-17-27(18-16-26)12-4-11-25-24(30)23-7-5-21(6-8-23)19-22-9-13-28(14-10-22)20(2)29/h5-8,22H,3-4,9-19H2,1-2H3,(H,25,30). The van der Waals surface area contributed by atoms with Crippen molar-refractivity contribution in [3.05, 3.63) is 35.4 Å². The zero-order valence-electron chi connectivity index (χ0n) is 18.7. The minimum Gasteiger partial charge on any atom is -0.352 e. The third-order valence-corrected chi connectivity index (χ3v) is 6.65. The van der Waals surface area contributed by atoms with E-state index in [0.29, 0.717) is 5.92 Å². The molecule has 1 N–H and O–H groups in total. The molecule has 6 nitrogen and oxygen atoms in total. The number of amides is 2. The molecule has 0 bridgehead atoms. The highest BCUT2D eigenvalue weighted by atomic mass is 16.2. The van der Waals surface area contributed by atoms with Crippen LogP contribution in [-0.2, 0) is 11.2 Å². The number of carbonyl (C=O) groups is 2. The van der Waals surface area contributed by atoms with E-state index in [9.17, 15) is 9.59 Å². The number of benzene rings is 1. The molecule has 0 saturated carbocycles. The Balaban J connectivity index is 1.33. The zero-order chi connectivity index (χ0) is 21.3. The fourth-order valence-corrected chi connectivity index (χ4v) is 4.51. The van der Waals surface area contributed by atoms with Crippen molar-refractivity contribution < 1.29 is 9.59 Å². The predicted octanol–water partition coefficient (Wildman–Crippen LogP) is 2.25. The lowest BCUT2D eigenvalue weighted by atomic mass is 9.90. The molecule has 2 heterocycles. The molecular formula is C24H38N4O2. The largest absolute Gasteiger partial charge is 0.352 e. The van der Waals surface area contributed by atoms with Gasteiger partial charge < -0.3 is 20.0 Å². The number of nitrogens with zero attached hydrogens (tertiary/aromatic N) is 3. The van der Waals surface area contributed by atoms with Crippen LogP contribution in [0.15, 0.2) is 24.3 Å². The van der Waals surface area contributed by atoms with E-state index in [1.165, 1.54) is 5.56 Å². The monoisotopic (exact) mass is 414 g/mol. The topological polar surface area (TPSA) is 55.9 Å². The van der Waals surface area contributed by atoms with Crippen LogP contribution in [0.3, 0.4) is 0 Å². The summed E-state index contributed by atoms with van der Waals surface area (Å²) in [5.74, 6) is 0.828. The fourth-order valence-electron chi connectivity index (χ4n) is 4.51. The summed E-state index contributed by atoms with van der Waals surface area (Å²) in [6, 6.07) is 8.05. The molecule has 2 saturated heterocycles. The second-order valence-electron chi connectivity index (χ2n) is 8.74. The minimum atomic E-state index is 0.0205. The first-order valence-corrected chi connectivity index (χ1v) is 11.6. The first-order valence-electron chi connectivity index (χ1n) is 11.6. The second kappa shape index (κ2) is 11.5. The molecule has 30 heavy (non-hydrogen) atoms. The maximum Gasteiger partial charge on any atom is 0.251 e. The molecule has 2 amide bonds. The fraction of sp³-hybridized carbons (Fsp3) is 0.667. The molecule has 0 atom stereocenters. The maximum atomic E-state index is 12.4. The molecule has 0 spiro atoms. The van der Waals surface area contributed by atoms with Crippen molar-refractivity contribution >= 4 is 11.8 Å². The molecule has 0 unspecified atom stereocenters. The van der Waals surface area contributed by atoms with Gasteiger partial charge in [-0.05, 0) is 62.4 Å². The Kier molecular flexibility index (Phi) is 8.70. The molecule has 166 valence electrons. The van der Waals surface area contributed by atoms with Crippen molar-refractivity contribution in [1.82, 2.24) is 20.0 Å². The lowest BCUT2D eigenvalue weighted by Gasteiger charge is -2.33. The van der Waals surface area contributed by atoms with Gasteiger partial charge in [0.05, 0.1) is 0 Å². The van der Waals surface area contributed by atoms with Gasteiger partial charge in [-0.15, -0.1) is 0 Å². The first kappa shape index (κ1) is 22.8. The Hall–Kier alpha value is -1.92. The molecule has 2 fully saturated rings. The summed E-state index contributed by atoms with van der Waals surface area (Å²) in [6.07, 6.45) is 4.15. The van der Waals surface area contributed by atoms with Crippen LogP contribution in [0.2, 0.25) is 0 Å². The maximum absolute atomic E-state index is 12.4. The molecule has 3 rings (SSSR count). The molecule has 1 aromatic carbocycles. The van der Waals surface area contributed by atoms with Crippen molar-refractivity contribution in [2.75, 3.05) is 58.9 Å². The Bertz CT molecular complexity index is 675. The van der Waals surface area contributed by atoms with Gasteiger partial charge in [0.25, 0.3) is 5.91 Å². The zero-order valence-corrected chi connectivity index (χ0v) is 18.7. The van der Waals surface area contributed by atoms with E-state index in [2.05, 4.69) is 34.2 Å². The van der Waals surface area contributed by atoms with Crippen LogP contribution in [0.5, 0.6) is 0 Å². The van der Waals surface area contributed by atoms with Crippen LogP contribution in [0.1, 0.15) is 49.0 Å². The molecule has 0 radical (unpaired) electrons. The van der Waals surface area contributed by atoms with Gasteiger partial charge in [0.15, 0.2) is 0 Å². The summed E-state index contributed by atoms with van der Waals surface area (Å²) in [4.78, 5) is 30.8. The summed E-state index contributed by atoms with van der Waals surface area (Å²) in [5.41, 5.74) is 2.01. The smallest absolute Gasteiger partial charge is 0.251 e. The van der Waals surface area contributed by atoms with Gasteiger partial charge in [-0.1, -0.05) is 19.1 Å². The van der Waals surface area contributed by atoms with Gasteiger partial charge in [0.1, 0.15) is 0 Å². The Morgan fingerprint density at radius 2 is 1.60 bits per heavy atom. The summed E-state index contributed by atoms with van der Waals surface area (Å²) in [5, 5.41) is 3.06. The van der Waals surface area contributed by atoms with Gasteiger partial charge in [-0.3, -0.25) is 9.59 Å². The van der Waals surface area contributed by atoms with Gasteiger partial charge in [0.2, 0.25) is 5.91 Å². The van der Waals surface area contributed by atoms with E-state index >= 15 is 0 Å². The number of hydrogen-bond donors (Lipinski definition) is 1. The number of nitrogens with one attached hydrogen (secondary N) is 1. The van der Waals surface area contributed by atoms with Crippen molar-refractivity contribution in [3.63, 3.8) is 0 Å². The van der Waals surface area contributed by atoms with Gasteiger partial charge >= 0.3 is 0 Å². The SMILES string of the molecule is CCN1CCN(CCCNC(=O)c2ccc(CC3CCN(C(C)=O)CC3)cc2)CC1. The Labute approximate surface area is 181 Å². The van der Waals surface area contributed by atoms with E-state index < -0.39 is 0 Å². The van der Waals surface area contributed by atoms with Crippen LogP contribution >= 0.6 is 0 Å². The van der Waals surface area contributed by atoms with Crippen LogP contribution in [0.4, 0.5) is 0 Å². The number of rotatable bonds is 8. The molecular weight excluding hydrogens is 376 g/mol. The van der Waals surface area contributed by atoms with E-state index in [1.807, 2.05) is 17.0 Å². The van der Waals surface area contributed by atoms with Crippen LogP contribution in [0, 0.1) is 5.92 Å². The normalized spacial score (nSPS) is 19.1. The first-order chi connectivity index (χ1) is 14.5. The average Bonchev–Trinajstić information content (AvgIpc) is 2.78. The van der Waals surface area contributed by atoms with Crippen molar-refractivity contribution in [3.8, 4) is 0 Å². The molecule has 0 aromatic heterocycles. The highest BCUT2D eigenvalue weighted by Gasteiger charge is 2.21. The Morgan fingerprint density at radius 3 is 2.20 bits per heavy atom. The molecule has 1 aromatic rings. The molecule has 6 heteroatoms. The third-order valence-electron chi connectivity index (χ3n) is 6.65. The van der Waals surface area contributed by atoms with E-state index in [-0.39, 0.29) is 11.8 Å². The number of hydrogen-bond acceptors (Lipinski definition) is 4. The predicted molar refractivity (Wildman–Crippen MR) is 121 cm³/mol. The van der Waals surface area contributed by atoms with E-state index in [0.717, 1.165) is 90.1 Å². The second-order valence-corrected chi connectivity index (χ2v) is 8.74.